The van der Waals surface area contributed by atoms with Crippen LogP contribution in [0.1, 0.15) is 22.7 Å². The Hall–Kier alpha value is -4.69. The van der Waals surface area contributed by atoms with E-state index in [4.69, 9.17) is 9.47 Å². The van der Waals surface area contributed by atoms with E-state index in [0.717, 1.165) is 27.8 Å². The molecular formula is C32H27NO6S. The van der Waals surface area contributed by atoms with Crippen molar-refractivity contribution >= 4 is 38.3 Å². The van der Waals surface area contributed by atoms with Crippen molar-refractivity contribution in [2.24, 2.45) is 0 Å². The van der Waals surface area contributed by atoms with E-state index in [1.165, 1.54) is 19.2 Å². The standard InChI is InChI=1S/C32H27NO6S/c1-21-16-18-24(19-17-21)40(36,37)33-28(26-15-9-13-22-12-7-8-14-25(22)26)20-27(23-10-5-4-6-11-23)29(31(34)38-2)30(33)32(35)39-3/h4-20,28H,1-3H3. The van der Waals surface area contributed by atoms with Gasteiger partial charge in [0.05, 0.1) is 30.7 Å². The molecule has 8 heteroatoms. The second-order valence-corrected chi connectivity index (χ2v) is 11.1. The number of aryl methyl sites for hydroxylation is 1. The fourth-order valence-electron chi connectivity index (χ4n) is 4.96. The summed E-state index contributed by atoms with van der Waals surface area (Å²) in [4.78, 5) is 26.8. The number of carbonyl (C=O) groups is 2. The van der Waals surface area contributed by atoms with Gasteiger partial charge in [-0.25, -0.2) is 22.3 Å². The zero-order chi connectivity index (χ0) is 28.4. The zero-order valence-electron chi connectivity index (χ0n) is 22.2. The van der Waals surface area contributed by atoms with Gasteiger partial charge in [0.1, 0.15) is 0 Å². The Kier molecular flexibility index (Phi) is 7.28. The van der Waals surface area contributed by atoms with Gasteiger partial charge >= 0.3 is 11.9 Å². The molecule has 0 spiro atoms. The van der Waals surface area contributed by atoms with Gasteiger partial charge in [-0.3, -0.25) is 0 Å². The van der Waals surface area contributed by atoms with Crippen LogP contribution in [0.25, 0.3) is 16.3 Å². The van der Waals surface area contributed by atoms with Crippen molar-refractivity contribution in [1.29, 1.82) is 0 Å². The summed E-state index contributed by atoms with van der Waals surface area (Å²) in [5, 5.41) is 1.69. The summed E-state index contributed by atoms with van der Waals surface area (Å²) in [6.07, 6.45) is 1.70. The predicted octanol–water partition coefficient (Wildman–Crippen LogP) is 5.58. The Morgan fingerprint density at radius 1 is 0.750 bits per heavy atom. The molecule has 5 rings (SSSR count). The van der Waals surface area contributed by atoms with Crippen molar-refractivity contribution in [2.45, 2.75) is 17.9 Å². The van der Waals surface area contributed by atoms with Crippen molar-refractivity contribution in [3.63, 3.8) is 0 Å². The van der Waals surface area contributed by atoms with Crippen molar-refractivity contribution in [3.05, 3.63) is 131 Å². The lowest BCUT2D eigenvalue weighted by atomic mass is 9.87. The van der Waals surface area contributed by atoms with Gasteiger partial charge in [0.25, 0.3) is 10.0 Å². The van der Waals surface area contributed by atoms with E-state index in [1.54, 1.807) is 42.5 Å². The highest BCUT2D eigenvalue weighted by Gasteiger charge is 2.44. The lowest BCUT2D eigenvalue weighted by molar-refractivity contribution is -0.140. The van der Waals surface area contributed by atoms with Gasteiger partial charge in [0, 0.05) is 0 Å². The molecule has 202 valence electrons. The van der Waals surface area contributed by atoms with Crippen molar-refractivity contribution in [1.82, 2.24) is 4.31 Å². The van der Waals surface area contributed by atoms with E-state index >= 15 is 0 Å². The average molecular weight is 554 g/mol. The van der Waals surface area contributed by atoms with Crippen molar-refractivity contribution in [3.8, 4) is 0 Å². The van der Waals surface area contributed by atoms with E-state index in [1.807, 2.05) is 55.5 Å². The Labute approximate surface area is 233 Å². The van der Waals surface area contributed by atoms with Crippen LogP contribution >= 0.6 is 0 Å². The number of hydrogen-bond donors (Lipinski definition) is 0. The fourth-order valence-corrected chi connectivity index (χ4v) is 6.55. The Morgan fingerprint density at radius 2 is 1.38 bits per heavy atom. The molecule has 0 amide bonds. The van der Waals surface area contributed by atoms with Crippen LogP contribution in [0.3, 0.4) is 0 Å². The summed E-state index contributed by atoms with van der Waals surface area (Å²) in [5.41, 5.74) is 1.85. The molecular weight excluding hydrogens is 526 g/mol. The first-order chi connectivity index (χ1) is 19.3. The lowest BCUT2D eigenvalue weighted by Gasteiger charge is -2.37. The number of rotatable bonds is 6. The number of esters is 2. The molecule has 0 aromatic heterocycles. The number of fused-ring (bicyclic) bond motifs is 1. The predicted molar refractivity (Wildman–Crippen MR) is 152 cm³/mol. The molecule has 0 radical (unpaired) electrons. The molecule has 1 heterocycles. The van der Waals surface area contributed by atoms with Gasteiger partial charge in [-0.15, -0.1) is 0 Å². The second kappa shape index (κ2) is 10.8. The second-order valence-electron chi connectivity index (χ2n) is 9.28. The van der Waals surface area contributed by atoms with E-state index in [0.29, 0.717) is 16.7 Å². The SMILES string of the molecule is COC(=O)C1=C(C(=O)OC)N(S(=O)(=O)c2ccc(C)cc2)C(c2cccc3ccccc23)C=C1c1ccccc1. The largest absolute Gasteiger partial charge is 0.465 e. The highest BCUT2D eigenvalue weighted by molar-refractivity contribution is 7.89. The van der Waals surface area contributed by atoms with Gasteiger partial charge in [-0.1, -0.05) is 90.5 Å². The zero-order valence-corrected chi connectivity index (χ0v) is 23.0. The van der Waals surface area contributed by atoms with E-state index in [2.05, 4.69) is 0 Å². The first-order valence-corrected chi connectivity index (χ1v) is 14.0. The Balaban J connectivity index is 1.91. The Morgan fingerprint density at radius 3 is 2.05 bits per heavy atom. The van der Waals surface area contributed by atoms with Gasteiger partial charge < -0.3 is 9.47 Å². The fraction of sp³-hybridized carbons (Fsp3) is 0.125. The van der Waals surface area contributed by atoms with Crippen molar-refractivity contribution in [2.75, 3.05) is 14.2 Å². The number of nitrogens with zero attached hydrogens (tertiary/aromatic N) is 1. The normalized spacial score (nSPS) is 15.5. The molecule has 0 saturated carbocycles. The summed E-state index contributed by atoms with van der Waals surface area (Å²) in [7, 11) is -2.08. The highest BCUT2D eigenvalue weighted by atomic mass is 32.2. The number of sulfonamides is 1. The molecule has 1 aliphatic rings. The third kappa shape index (κ3) is 4.67. The van der Waals surface area contributed by atoms with Crippen LogP contribution in [-0.4, -0.2) is 38.9 Å². The molecule has 1 unspecified atom stereocenters. The number of methoxy groups -OCH3 is 2. The van der Waals surface area contributed by atoms with Crippen LogP contribution in [0.5, 0.6) is 0 Å². The molecule has 4 aromatic rings. The molecule has 0 bridgehead atoms. The summed E-state index contributed by atoms with van der Waals surface area (Å²) < 4.78 is 40.1. The molecule has 0 aliphatic carbocycles. The highest BCUT2D eigenvalue weighted by Crippen LogP contribution is 2.45. The molecule has 1 atom stereocenters. The molecule has 1 aliphatic heterocycles. The minimum Gasteiger partial charge on any atom is -0.465 e. The van der Waals surface area contributed by atoms with Gasteiger partial charge in [-0.2, -0.15) is 0 Å². The van der Waals surface area contributed by atoms with Crippen LogP contribution in [0, 0.1) is 6.92 Å². The van der Waals surface area contributed by atoms with Gasteiger partial charge in [0.15, 0.2) is 5.70 Å². The van der Waals surface area contributed by atoms with E-state index in [9.17, 15) is 18.0 Å². The maximum absolute atomic E-state index is 14.5. The van der Waals surface area contributed by atoms with Crippen LogP contribution in [0.15, 0.2) is 119 Å². The summed E-state index contributed by atoms with van der Waals surface area (Å²) >= 11 is 0. The van der Waals surface area contributed by atoms with E-state index in [-0.39, 0.29) is 10.5 Å². The van der Waals surface area contributed by atoms with Crippen LogP contribution in [0.2, 0.25) is 0 Å². The third-order valence-electron chi connectivity index (χ3n) is 6.88. The lowest BCUT2D eigenvalue weighted by Crippen LogP contribution is -2.41. The molecule has 7 nitrogen and oxygen atoms in total. The van der Waals surface area contributed by atoms with Gasteiger partial charge in [0.2, 0.25) is 0 Å². The van der Waals surface area contributed by atoms with Gasteiger partial charge in [-0.05, 0) is 52.6 Å². The molecule has 40 heavy (non-hydrogen) atoms. The topological polar surface area (TPSA) is 90.0 Å². The molecule has 0 fully saturated rings. The average Bonchev–Trinajstić information content (AvgIpc) is 2.99. The minimum absolute atomic E-state index is 0.0366. The summed E-state index contributed by atoms with van der Waals surface area (Å²) in [6.45, 7) is 1.85. The number of carbonyl (C=O) groups excluding carboxylic acids is 2. The first kappa shape index (κ1) is 26.9. The maximum Gasteiger partial charge on any atom is 0.356 e. The first-order valence-electron chi connectivity index (χ1n) is 12.5. The Bertz CT molecular complexity index is 1770. The van der Waals surface area contributed by atoms with Crippen LogP contribution in [0.4, 0.5) is 0 Å². The van der Waals surface area contributed by atoms with Crippen LogP contribution in [-0.2, 0) is 29.1 Å². The molecule has 4 aromatic carbocycles. The quantitative estimate of drug-likeness (QED) is 0.290. The number of benzene rings is 4. The van der Waals surface area contributed by atoms with E-state index < -0.39 is 33.7 Å². The van der Waals surface area contributed by atoms with Crippen molar-refractivity contribution < 1.29 is 27.5 Å². The summed E-state index contributed by atoms with van der Waals surface area (Å²) in [6, 6.07) is 27.5. The van der Waals surface area contributed by atoms with Crippen LogP contribution < -0.4 is 0 Å². The smallest absolute Gasteiger partial charge is 0.356 e. The summed E-state index contributed by atoms with van der Waals surface area (Å²) in [5.74, 6) is -1.85. The molecule has 0 N–H and O–H groups in total. The minimum atomic E-state index is -4.41. The molecule has 0 saturated heterocycles. The maximum atomic E-state index is 14.5. The third-order valence-corrected chi connectivity index (χ3v) is 8.67. The number of ether oxygens (including phenoxy) is 2. The monoisotopic (exact) mass is 553 g/mol. The number of hydrogen-bond acceptors (Lipinski definition) is 6.